The number of esters is 1. The van der Waals surface area contributed by atoms with Gasteiger partial charge in [-0.3, -0.25) is 0 Å². The Morgan fingerprint density at radius 2 is 2.10 bits per heavy atom. The lowest BCUT2D eigenvalue weighted by molar-refractivity contribution is 0.0518. The maximum atomic E-state index is 13.1. The van der Waals surface area contributed by atoms with E-state index in [4.69, 9.17) is 10.5 Å². The first-order chi connectivity index (χ1) is 9.51. The van der Waals surface area contributed by atoms with Gasteiger partial charge in [-0.15, -0.1) is 0 Å². The van der Waals surface area contributed by atoms with Crippen LogP contribution >= 0.6 is 0 Å². The lowest BCUT2D eigenvalue weighted by Crippen LogP contribution is -2.09. The average molecular weight is 281 g/mol. The van der Waals surface area contributed by atoms with E-state index in [-0.39, 0.29) is 24.7 Å². The first-order valence-corrected chi connectivity index (χ1v) is 5.95. The quantitative estimate of drug-likeness (QED) is 0.870. The number of hydrogen-bond acceptors (Lipinski definition) is 4. The Balaban J connectivity index is 2.21. The number of anilines is 1. The van der Waals surface area contributed by atoms with E-state index in [1.165, 1.54) is 16.8 Å². The number of nitrogens with zero attached hydrogens (tertiary/aromatic N) is 2. The summed E-state index contributed by atoms with van der Waals surface area (Å²) >= 11 is 0. The molecule has 2 N–H and O–H groups in total. The van der Waals surface area contributed by atoms with Crippen LogP contribution in [-0.2, 0) is 11.3 Å². The molecule has 0 unspecified atom stereocenters. The third-order valence-corrected chi connectivity index (χ3v) is 2.61. The molecule has 0 amide bonds. The summed E-state index contributed by atoms with van der Waals surface area (Å²) in [5, 5.41) is 3.98. The fourth-order valence-electron chi connectivity index (χ4n) is 1.67. The Bertz CT molecular complexity index is 641. The zero-order valence-electron chi connectivity index (χ0n) is 10.8. The molecule has 106 valence electrons. The summed E-state index contributed by atoms with van der Waals surface area (Å²) < 4.78 is 32.1. The molecule has 0 spiro atoms. The van der Waals surface area contributed by atoms with E-state index in [9.17, 15) is 13.6 Å². The zero-order chi connectivity index (χ0) is 14.7. The second-order valence-corrected chi connectivity index (χ2v) is 4.08. The van der Waals surface area contributed by atoms with Crippen molar-refractivity contribution < 1.29 is 18.3 Å². The van der Waals surface area contributed by atoms with E-state index >= 15 is 0 Å². The third-order valence-electron chi connectivity index (χ3n) is 2.61. The monoisotopic (exact) mass is 281 g/mol. The molecule has 0 bridgehead atoms. The molecule has 2 aromatic rings. The van der Waals surface area contributed by atoms with Gasteiger partial charge >= 0.3 is 5.97 Å². The predicted molar refractivity (Wildman–Crippen MR) is 68.1 cm³/mol. The topological polar surface area (TPSA) is 70.1 Å². The number of aromatic nitrogens is 2. The van der Waals surface area contributed by atoms with Crippen LogP contribution in [-0.4, -0.2) is 22.4 Å². The van der Waals surface area contributed by atoms with Crippen molar-refractivity contribution >= 4 is 11.8 Å². The smallest absolute Gasteiger partial charge is 0.358 e. The largest absolute Gasteiger partial charge is 0.461 e. The SMILES string of the molecule is CCOC(=O)c1cc(N)n(Cc2ccc(F)c(F)c2)n1. The first kappa shape index (κ1) is 14.0. The van der Waals surface area contributed by atoms with Crippen molar-refractivity contribution in [1.82, 2.24) is 9.78 Å². The fourth-order valence-corrected chi connectivity index (χ4v) is 1.67. The van der Waals surface area contributed by atoms with Crippen LogP contribution in [0.15, 0.2) is 24.3 Å². The lowest BCUT2D eigenvalue weighted by atomic mass is 10.2. The van der Waals surface area contributed by atoms with Gasteiger partial charge in [0.05, 0.1) is 13.2 Å². The molecule has 0 aliphatic rings. The molecule has 20 heavy (non-hydrogen) atoms. The van der Waals surface area contributed by atoms with Crippen molar-refractivity contribution in [2.75, 3.05) is 12.3 Å². The number of carbonyl (C=O) groups is 1. The number of rotatable bonds is 4. The maximum Gasteiger partial charge on any atom is 0.358 e. The highest BCUT2D eigenvalue weighted by molar-refractivity contribution is 5.88. The third kappa shape index (κ3) is 2.93. The van der Waals surface area contributed by atoms with Crippen molar-refractivity contribution in [1.29, 1.82) is 0 Å². The fraction of sp³-hybridized carbons (Fsp3) is 0.231. The predicted octanol–water partition coefficient (Wildman–Crippen LogP) is 1.97. The Kier molecular flexibility index (Phi) is 3.97. The van der Waals surface area contributed by atoms with Gasteiger partial charge in [0.15, 0.2) is 17.3 Å². The average Bonchev–Trinajstić information content (AvgIpc) is 2.76. The molecule has 7 heteroatoms. The second-order valence-electron chi connectivity index (χ2n) is 4.08. The van der Waals surface area contributed by atoms with E-state index in [0.29, 0.717) is 5.56 Å². The van der Waals surface area contributed by atoms with Crippen molar-refractivity contribution in [3.8, 4) is 0 Å². The molecule has 1 aromatic heterocycles. The number of ether oxygens (including phenoxy) is 1. The normalized spacial score (nSPS) is 10.6. The summed E-state index contributed by atoms with van der Waals surface area (Å²) in [6, 6.07) is 4.87. The van der Waals surface area contributed by atoms with Crippen LogP contribution in [0.4, 0.5) is 14.6 Å². The van der Waals surface area contributed by atoms with E-state index in [1.807, 2.05) is 0 Å². The molecule has 0 atom stereocenters. The summed E-state index contributed by atoms with van der Waals surface area (Å²) in [4.78, 5) is 11.5. The van der Waals surface area contributed by atoms with Gasteiger partial charge < -0.3 is 10.5 Å². The molecular weight excluding hydrogens is 268 g/mol. The van der Waals surface area contributed by atoms with E-state index in [0.717, 1.165) is 12.1 Å². The Morgan fingerprint density at radius 3 is 2.75 bits per heavy atom. The van der Waals surface area contributed by atoms with Gasteiger partial charge in [0, 0.05) is 6.07 Å². The Labute approximate surface area is 114 Å². The van der Waals surface area contributed by atoms with Crippen molar-refractivity contribution in [2.45, 2.75) is 13.5 Å². The minimum absolute atomic E-state index is 0.0759. The number of carbonyl (C=O) groups excluding carboxylic acids is 1. The number of benzene rings is 1. The van der Waals surface area contributed by atoms with Crippen LogP contribution in [0.5, 0.6) is 0 Å². The van der Waals surface area contributed by atoms with Crippen LogP contribution in [0.2, 0.25) is 0 Å². The molecule has 0 aliphatic heterocycles. The van der Waals surface area contributed by atoms with Crippen LogP contribution < -0.4 is 5.73 Å². The summed E-state index contributed by atoms with van der Waals surface area (Å²) in [5.74, 6) is -2.21. The van der Waals surface area contributed by atoms with E-state index in [1.54, 1.807) is 6.92 Å². The minimum atomic E-state index is -0.946. The van der Waals surface area contributed by atoms with Gasteiger partial charge in [0.1, 0.15) is 5.82 Å². The molecule has 1 aromatic carbocycles. The number of nitrogens with two attached hydrogens (primary N) is 1. The molecule has 0 saturated heterocycles. The van der Waals surface area contributed by atoms with Crippen LogP contribution in [0.3, 0.4) is 0 Å². The summed E-state index contributed by atoms with van der Waals surface area (Å²) in [7, 11) is 0. The van der Waals surface area contributed by atoms with Gasteiger partial charge in [0.25, 0.3) is 0 Å². The standard InChI is InChI=1S/C13H13F2N3O2/c1-2-20-13(19)11-6-12(16)18(17-11)7-8-3-4-9(14)10(15)5-8/h3-6H,2,7,16H2,1H3. The van der Waals surface area contributed by atoms with Crippen molar-refractivity contribution in [3.63, 3.8) is 0 Å². The van der Waals surface area contributed by atoms with Crippen LogP contribution in [0, 0.1) is 11.6 Å². The molecular formula is C13H13F2N3O2. The van der Waals surface area contributed by atoms with Crippen LogP contribution in [0.25, 0.3) is 0 Å². The number of halogens is 2. The van der Waals surface area contributed by atoms with Gasteiger partial charge in [0.2, 0.25) is 0 Å². The van der Waals surface area contributed by atoms with Gasteiger partial charge in [-0.25, -0.2) is 18.3 Å². The Morgan fingerprint density at radius 1 is 1.35 bits per heavy atom. The number of hydrogen-bond donors (Lipinski definition) is 1. The first-order valence-electron chi connectivity index (χ1n) is 5.95. The molecule has 0 radical (unpaired) electrons. The number of nitrogen functional groups attached to an aromatic ring is 1. The van der Waals surface area contributed by atoms with Crippen molar-refractivity contribution in [2.24, 2.45) is 0 Å². The Hall–Kier alpha value is -2.44. The van der Waals surface area contributed by atoms with Gasteiger partial charge in [-0.1, -0.05) is 6.07 Å². The zero-order valence-corrected chi connectivity index (χ0v) is 10.8. The van der Waals surface area contributed by atoms with Gasteiger partial charge in [-0.05, 0) is 24.6 Å². The molecule has 2 rings (SSSR count). The molecule has 0 fully saturated rings. The van der Waals surface area contributed by atoms with E-state index < -0.39 is 17.6 Å². The molecule has 0 saturated carbocycles. The maximum absolute atomic E-state index is 13.1. The lowest BCUT2D eigenvalue weighted by Gasteiger charge is -2.04. The summed E-state index contributed by atoms with van der Waals surface area (Å²) in [5.41, 5.74) is 6.27. The highest BCUT2D eigenvalue weighted by Crippen LogP contribution is 2.13. The van der Waals surface area contributed by atoms with Crippen LogP contribution in [0.1, 0.15) is 23.0 Å². The summed E-state index contributed by atoms with van der Waals surface area (Å²) in [6.45, 7) is 2.04. The highest BCUT2D eigenvalue weighted by Gasteiger charge is 2.14. The van der Waals surface area contributed by atoms with Crippen molar-refractivity contribution in [3.05, 3.63) is 47.2 Å². The molecule has 1 heterocycles. The second kappa shape index (κ2) is 5.68. The summed E-state index contributed by atoms with van der Waals surface area (Å²) in [6.07, 6.45) is 0. The molecule has 5 nitrogen and oxygen atoms in total. The van der Waals surface area contributed by atoms with Gasteiger partial charge in [-0.2, -0.15) is 5.10 Å². The van der Waals surface area contributed by atoms with E-state index in [2.05, 4.69) is 5.10 Å². The molecule has 0 aliphatic carbocycles. The highest BCUT2D eigenvalue weighted by atomic mass is 19.2. The minimum Gasteiger partial charge on any atom is -0.461 e.